The van der Waals surface area contributed by atoms with Crippen molar-refractivity contribution in [2.24, 2.45) is 0 Å². The van der Waals surface area contributed by atoms with E-state index in [1.807, 2.05) is 6.07 Å². The lowest BCUT2D eigenvalue weighted by atomic mass is 10.2. The minimum Gasteiger partial charge on any atom is -0.438 e. The number of aromatic nitrogens is 5. The molecule has 0 aliphatic rings. The van der Waals surface area contributed by atoms with Gasteiger partial charge in [0, 0.05) is 31.2 Å². The Morgan fingerprint density at radius 1 is 0.912 bits per heavy atom. The van der Waals surface area contributed by atoms with Gasteiger partial charge < -0.3 is 20.4 Å². The largest absolute Gasteiger partial charge is 0.438 e. The van der Waals surface area contributed by atoms with Crippen molar-refractivity contribution < 1.29 is 17.9 Å². The minimum absolute atomic E-state index is 0.0349. The number of imidazole rings is 1. The second kappa shape index (κ2) is 8.70. The van der Waals surface area contributed by atoms with E-state index in [1.54, 1.807) is 55.8 Å². The maximum Gasteiger partial charge on any atom is 0.228 e. The minimum atomic E-state index is -1.56. The van der Waals surface area contributed by atoms with Crippen LogP contribution in [0.3, 0.4) is 0 Å². The van der Waals surface area contributed by atoms with Gasteiger partial charge in [0.05, 0.1) is 16.8 Å². The van der Waals surface area contributed by atoms with Crippen LogP contribution in [0.5, 0.6) is 11.6 Å². The van der Waals surface area contributed by atoms with Crippen molar-refractivity contribution in [2.75, 3.05) is 17.7 Å². The quantitative estimate of drug-likeness (QED) is 0.290. The smallest absolute Gasteiger partial charge is 0.228 e. The molecule has 5 rings (SSSR count). The van der Waals surface area contributed by atoms with E-state index in [0.29, 0.717) is 34.5 Å². The molecule has 0 bridgehead atoms. The summed E-state index contributed by atoms with van der Waals surface area (Å²) in [6.45, 7) is 0. The molecule has 5 aromatic rings. The Kier molecular flexibility index (Phi) is 5.42. The number of ether oxygens (including phenoxy) is 1. The van der Waals surface area contributed by atoms with Crippen molar-refractivity contribution in [2.45, 2.75) is 0 Å². The van der Waals surface area contributed by atoms with E-state index in [9.17, 15) is 13.2 Å². The molecule has 0 spiro atoms. The molecule has 3 aromatic heterocycles. The normalized spacial score (nSPS) is 10.9. The average Bonchev–Trinajstić information content (AvgIpc) is 3.26. The zero-order chi connectivity index (χ0) is 23.7. The lowest BCUT2D eigenvalue weighted by molar-refractivity contribution is 0.452. The Morgan fingerprint density at radius 2 is 1.74 bits per heavy atom. The van der Waals surface area contributed by atoms with Gasteiger partial charge in [0.25, 0.3) is 0 Å². The molecule has 0 amide bonds. The Hall–Kier alpha value is -4.67. The molecule has 0 atom stereocenters. The van der Waals surface area contributed by atoms with Gasteiger partial charge in [-0.05, 0) is 42.5 Å². The molecule has 8 nitrogen and oxygen atoms in total. The van der Waals surface area contributed by atoms with Gasteiger partial charge in [-0.15, -0.1) is 0 Å². The molecule has 3 heterocycles. The summed E-state index contributed by atoms with van der Waals surface area (Å²) in [4.78, 5) is 19.5. The summed E-state index contributed by atoms with van der Waals surface area (Å²) >= 11 is 0. The molecule has 0 aliphatic carbocycles. The van der Waals surface area contributed by atoms with Crippen LogP contribution in [0.25, 0.3) is 22.3 Å². The van der Waals surface area contributed by atoms with Gasteiger partial charge >= 0.3 is 0 Å². The Labute approximate surface area is 190 Å². The van der Waals surface area contributed by atoms with Crippen molar-refractivity contribution in [1.82, 2.24) is 24.9 Å². The third-order valence-corrected chi connectivity index (χ3v) is 4.87. The molecule has 170 valence electrons. The fourth-order valence-corrected chi connectivity index (χ4v) is 3.27. The number of fused-ring (bicyclic) bond motifs is 1. The van der Waals surface area contributed by atoms with Crippen LogP contribution in [-0.2, 0) is 0 Å². The van der Waals surface area contributed by atoms with Crippen LogP contribution in [0.2, 0.25) is 0 Å². The topological polar surface area (TPSA) is 101 Å². The Balaban J connectivity index is 1.36. The standard InChI is InChI=1S/C23H16F3N7O/c1-27-22-29-10-8-16(31-22)14-3-2-9-28-21(14)34-13-6-4-12(5-7-13)30-23-32-17-11-15(24)18(25)19(26)20(17)33-23/h2-11H,1H3,(H,27,29,31)(H2,30,32,33). The van der Waals surface area contributed by atoms with Gasteiger partial charge in [-0.2, -0.15) is 0 Å². The van der Waals surface area contributed by atoms with Crippen LogP contribution < -0.4 is 15.4 Å². The van der Waals surface area contributed by atoms with E-state index >= 15 is 0 Å². The summed E-state index contributed by atoms with van der Waals surface area (Å²) in [5.74, 6) is -2.74. The number of pyridine rings is 1. The van der Waals surface area contributed by atoms with Gasteiger partial charge in [-0.3, -0.25) is 0 Å². The lowest BCUT2D eigenvalue weighted by Gasteiger charge is -2.11. The highest BCUT2D eigenvalue weighted by molar-refractivity contribution is 5.79. The lowest BCUT2D eigenvalue weighted by Crippen LogP contribution is -1.98. The van der Waals surface area contributed by atoms with Crippen LogP contribution in [-0.4, -0.2) is 32.0 Å². The number of rotatable bonds is 6. The molecule has 34 heavy (non-hydrogen) atoms. The molecule has 0 fully saturated rings. The van der Waals surface area contributed by atoms with Crippen molar-refractivity contribution in [3.8, 4) is 22.9 Å². The monoisotopic (exact) mass is 463 g/mol. The predicted octanol–water partition coefficient (Wildman–Crippen LogP) is 5.41. The van der Waals surface area contributed by atoms with Crippen LogP contribution in [0.15, 0.2) is 60.9 Å². The highest BCUT2D eigenvalue weighted by Gasteiger charge is 2.17. The first-order chi connectivity index (χ1) is 16.5. The first kappa shape index (κ1) is 21.2. The van der Waals surface area contributed by atoms with E-state index < -0.39 is 17.5 Å². The van der Waals surface area contributed by atoms with Crippen molar-refractivity contribution in [1.29, 1.82) is 0 Å². The molecule has 11 heteroatoms. The highest BCUT2D eigenvalue weighted by atomic mass is 19.2. The fraction of sp³-hybridized carbons (Fsp3) is 0.0435. The van der Waals surface area contributed by atoms with E-state index in [0.717, 1.165) is 6.07 Å². The van der Waals surface area contributed by atoms with Gasteiger partial charge in [0.15, 0.2) is 17.5 Å². The summed E-state index contributed by atoms with van der Waals surface area (Å²) < 4.78 is 46.7. The van der Waals surface area contributed by atoms with E-state index in [-0.39, 0.29) is 17.0 Å². The summed E-state index contributed by atoms with van der Waals surface area (Å²) in [7, 11) is 1.73. The molecule has 2 aromatic carbocycles. The van der Waals surface area contributed by atoms with E-state index in [4.69, 9.17) is 4.74 Å². The number of hydrogen-bond donors (Lipinski definition) is 3. The molecule has 0 saturated carbocycles. The molecular weight excluding hydrogens is 447 g/mol. The van der Waals surface area contributed by atoms with Crippen LogP contribution >= 0.6 is 0 Å². The number of aromatic amines is 1. The third-order valence-electron chi connectivity index (χ3n) is 4.87. The van der Waals surface area contributed by atoms with Gasteiger partial charge in [0.1, 0.15) is 11.3 Å². The van der Waals surface area contributed by atoms with Gasteiger partial charge in [-0.25, -0.2) is 33.1 Å². The number of nitrogens with one attached hydrogen (secondary N) is 3. The zero-order valence-corrected chi connectivity index (χ0v) is 17.6. The summed E-state index contributed by atoms with van der Waals surface area (Å²) in [6, 6.07) is 13.0. The number of benzene rings is 2. The van der Waals surface area contributed by atoms with Crippen LogP contribution in [0, 0.1) is 17.5 Å². The molecule has 0 aliphatic heterocycles. The number of halogens is 3. The maximum atomic E-state index is 13.9. The van der Waals surface area contributed by atoms with Crippen molar-refractivity contribution in [3.05, 3.63) is 78.4 Å². The molecule has 0 unspecified atom stereocenters. The Bertz CT molecular complexity index is 1490. The highest BCUT2D eigenvalue weighted by Crippen LogP contribution is 2.31. The van der Waals surface area contributed by atoms with Gasteiger partial charge in [0.2, 0.25) is 17.8 Å². The number of H-pyrrole nitrogens is 1. The fourth-order valence-electron chi connectivity index (χ4n) is 3.27. The van der Waals surface area contributed by atoms with Gasteiger partial charge in [-0.1, -0.05) is 0 Å². The number of hydrogen-bond acceptors (Lipinski definition) is 7. The van der Waals surface area contributed by atoms with Crippen molar-refractivity contribution >= 4 is 28.6 Å². The predicted molar refractivity (Wildman–Crippen MR) is 121 cm³/mol. The Morgan fingerprint density at radius 3 is 2.53 bits per heavy atom. The number of anilines is 3. The molecule has 0 radical (unpaired) electrons. The maximum absolute atomic E-state index is 13.9. The molecule has 0 saturated heterocycles. The first-order valence-electron chi connectivity index (χ1n) is 10.1. The summed E-state index contributed by atoms with van der Waals surface area (Å²) in [5.41, 5.74) is 1.66. The SMILES string of the molecule is CNc1nccc(-c2cccnc2Oc2ccc(Nc3nc4c(F)c(F)c(F)cc4[nH]3)cc2)n1. The van der Waals surface area contributed by atoms with Crippen LogP contribution in [0.4, 0.5) is 30.8 Å². The van der Waals surface area contributed by atoms with Crippen molar-refractivity contribution in [3.63, 3.8) is 0 Å². The number of nitrogens with zero attached hydrogens (tertiary/aromatic N) is 4. The second-order valence-corrected chi connectivity index (χ2v) is 7.09. The second-order valence-electron chi connectivity index (χ2n) is 7.09. The van der Waals surface area contributed by atoms with Crippen LogP contribution in [0.1, 0.15) is 0 Å². The molecule has 3 N–H and O–H groups in total. The summed E-state index contributed by atoms with van der Waals surface area (Å²) in [6.07, 6.45) is 3.25. The first-order valence-corrected chi connectivity index (χ1v) is 10.1. The zero-order valence-electron chi connectivity index (χ0n) is 17.6. The van der Waals surface area contributed by atoms with E-state index in [2.05, 4.69) is 35.6 Å². The average molecular weight is 463 g/mol. The summed E-state index contributed by atoms with van der Waals surface area (Å²) in [5, 5.41) is 5.82. The molecular formula is C23H16F3N7O. The third kappa shape index (κ3) is 4.06. The van der Waals surface area contributed by atoms with E-state index in [1.165, 1.54) is 0 Å².